The highest BCUT2D eigenvalue weighted by atomic mass is 32.2. The number of carbonyl (C=O) groups excluding carboxylic acids is 4. The molecular weight excluding hydrogens is 1890 g/mol. The minimum Gasteiger partial charge on any atom is -0.502 e. The molecule has 0 radical (unpaired) electrons. The fraction of sp³-hybridized carbons (Fsp3) is 0.283. The second-order valence-electron chi connectivity index (χ2n) is 31.1. The van der Waals surface area contributed by atoms with E-state index in [0.29, 0.717) is 22.8 Å². The third-order valence-electron chi connectivity index (χ3n) is 22.4. The van der Waals surface area contributed by atoms with Crippen molar-refractivity contribution in [3.05, 3.63) is 342 Å². The van der Waals surface area contributed by atoms with Crippen LogP contribution in [0.1, 0.15) is 169 Å². The Hall–Kier alpha value is -12.5. The Morgan fingerprint density at radius 2 is 0.836 bits per heavy atom. The molecule has 7 aromatic heterocycles. The Kier molecular flexibility index (Phi) is 29.9. The number of halogens is 12. The number of aromatic hydroxyl groups is 1. The van der Waals surface area contributed by atoms with E-state index in [1.54, 1.807) is 121 Å². The first-order chi connectivity index (χ1) is 63.8. The Balaban J connectivity index is 0.000000146. The predicted molar refractivity (Wildman–Crippen MR) is 488 cm³/mol. The number of unbranched alkanes of at least 4 members (excludes halogenated alkanes) is 1. The molecule has 12 heterocycles. The summed E-state index contributed by atoms with van der Waals surface area (Å²) in [5, 5.41) is 23.4. The summed E-state index contributed by atoms with van der Waals surface area (Å²) in [5.41, 5.74) is 9.37. The van der Waals surface area contributed by atoms with Crippen LogP contribution in [0, 0.1) is 0 Å². The molecule has 42 heteroatoms. The number of hydrogen-bond acceptors (Lipinski definition) is 22. The lowest BCUT2D eigenvalue weighted by Gasteiger charge is -2.46. The van der Waals surface area contributed by atoms with Crippen LogP contribution in [0.3, 0.4) is 0 Å². The van der Waals surface area contributed by atoms with Gasteiger partial charge in [-0.15, -0.1) is 69.3 Å². The van der Waals surface area contributed by atoms with Crippen LogP contribution in [0.15, 0.2) is 249 Å². The lowest BCUT2D eigenvalue weighted by molar-refractivity contribution is -0.173. The second kappa shape index (κ2) is 41.1. The van der Waals surface area contributed by atoms with Gasteiger partial charge in [0.15, 0.2) is 45.8 Å². The summed E-state index contributed by atoms with van der Waals surface area (Å²) >= 11 is 9.73. The lowest BCUT2D eigenvalue weighted by Crippen LogP contribution is -2.60. The summed E-state index contributed by atoms with van der Waals surface area (Å²) in [6, 6.07) is 42.0. The zero-order chi connectivity index (χ0) is 96.0. The van der Waals surface area contributed by atoms with E-state index < -0.39 is 129 Å². The average molecular weight is 1970 g/mol. The first-order valence-corrected chi connectivity index (χ1v) is 47.0. The number of nitrogens with zero attached hydrogens (tertiary/aromatic N) is 8. The van der Waals surface area contributed by atoms with Gasteiger partial charge >= 0.3 is 24.7 Å². The molecule has 17 rings (SSSR count). The number of rotatable bonds is 20. The third-order valence-corrected chi connectivity index (χ3v) is 29.3. The minimum absolute atomic E-state index is 0.0211. The normalized spacial score (nSPS) is 16.5. The van der Waals surface area contributed by atoms with Crippen LogP contribution < -0.4 is 67.8 Å². The number of hydrogen-bond donors (Lipinski definition) is 5. The topological polar surface area (TPSA) is 279 Å². The molecule has 6 N–H and O–H groups in total. The fourth-order valence-electron chi connectivity index (χ4n) is 15.1. The Morgan fingerprint density at radius 3 is 1.31 bits per heavy atom. The van der Waals surface area contributed by atoms with Crippen molar-refractivity contribution < 1.29 is 91.2 Å². The van der Waals surface area contributed by atoms with Crippen LogP contribution in [0.4, 0.5) is 52.7 Å². The summed E-state index contributed by atoms with van der Waals surface area (Å²) in [7, 11) is 0. The van der Waals surface area contributed by atoms with Crippen molar-refractivity contribution in [2.24, 2.45) is 0 Å². The number of amides is 4. The number of pyridine rings is 4. The van der Waals surface area contributed by atoms with Gasteiger partial charge in [0.1, 0.15) is 50.7 Å². The van der Waals surface area contributed by atoms with Crippen LogP contribution >= 0.6 is 69.3 Å². The number of thioether (sulfide) groups is 3. The molecule has 4 amide bonds. The molecule has 12 aromatic rings. The standard InChI is InChI=1S/C29H24F3N3O3S2.C28H24F3N3O3S2.C22H18F3N3O3S2.C13H18F3N3O3/c1-18(29(30,31)32)33-17-35(24-21-10-6-5-9-20(21)16-40-28-22(24)12-14-39-28)34-13-11-23(36)26(25(34)27(33)37)38-15-19-7-3-2-4-8-19;1-17(28(29,30)31)32-26(36)24-25(37-15-18-7-3-2-4-8-18)22(35)11-13-34(24)33-23-20-10-6-5-9-19(20)16-39-27-21(23)12-14-38-27;1-12(22(23,24)25)26-11-28(27-8-6-16(29)19(30)18(27)20(26)31)17-14-5-3-2-4-13(14)10-33-21-15(17)7-9-32-21;1-3-4-7-22-11-9(20)5-6-19(17)10(11)12(21)18-8(2)13(14,15)16/h2-14,18,24H,15-17H2,1H3;2-14,17,23,33H,15-16H2,1H3,(H,32,36);2-9,12,17,30H,10-11H2,1H3;5-6,8H,3-4,7,17H2,1-2H3,(H,18,21)/t18-,24+;17-,23?;12-,17+;8-/m1111/s1. The zero-order valence-corrected chi connectivity index (χ0v) is 76.4. The molecule has 0 aliphatic carbocycles. The Labute approximate surface area is 781 Å². The highest BCUT2D eigenvalue weighted by Gasteiger charge is 2.51. The van der Waals surface area contributed by atoms with Crippen molar-refractivity contribution in [1.29, 1.82) is 0 Å². The summed E-state index contributed by atoms with van der Waals surface area (Å²) in [6.45, 7) is 4.76. The van der Waals surface area contributed by atoms with Crippen LogP contribution in [0.25, 0.3) is 0 Å². The number of thiophene rings is 3. The summed E-state index contributed by atoms with van der Waals surface area (Å²) in [5.74, 6) is 1.66. The van der Waals surface area contributed by atoms with Crippen molar-refractivity contribution in [2.45, 2.75) is 158 Å². The highest BCUT2D eigenvalue weighted by molar-refractivity contribution is 8.01. The molecule has 0 bridgehead atoms. The quantitative estimate of drug-likeness (QED) is 0.0269. The second-order valence-corrected chi connectivity index (χ2v) is 37.6. The molecule has 5 aliphatic rings. The first kappa shape index (κ1) is 97.5. The number of aromatic nitrogens is 4. The van der Waals surface area contributed by atoms with Gasteiger partial charge < -0.3 is 51.0 Å². The number of nitrogens with two attached hydrogens (primary N) is 1. The van der Waals surface area contributed by atoms with Gasteiger partial charge in [-0.2, -0.15) is 52.7 Å². The molecule has 0 fully saturated rings. The smallest absolute Gasteiger partial charge is 0.408 e. The van der Waals surface area contributed by atoms with E-state index in [1.807, 2.05) is 144 Å². The molecule has 7 atom stereocenters. The molecule has 5 aliphatic heterocycles. The number of carbonyl (C=O) groups is 4. The van der Waals surface area contributed by atoms with E-state index >= 15 is 0 Å². The summed E-state index contributed by atoms with van der Waals surface area (Å²) in [6.07, 6.45) is -12.0. The molecule has 0 spiro atoms. The number of nitrogens with one attached hydrogen (secondary N) is 3. The van der Waals surface area contributed by atoms with E-state index in [9.17, 15) is 96.1 Å². The SMILES string of the molecule is CCCCOc1c(C(=O)N[C@H](C)C(F)(F)F)n(N)ccc1=O.C[C@@H](N1CN([C@H]2c3ccccc3CSc3sccc32)n2ccc(=O)c(O)c2C1=O)C(F)(F)F.C[C@@H](N1CN([C@H]2c3ccccc3CSc3sccc32)n2ccc(=O)c(OCc3ccccc3)c2C1=O)C(F)(F)F.C[C@@H](NC(=O)c1c(OCc2ccccc2)c(=O)ccn1NC1c2ccccc2CSc2sccc21)C(F)(F)F. The molecule has 0 saturated heterocycles. The van der Waals surface area contributed by atoms with Crippen LogP contribution in [0.5, 0.6) is 23.0 Å². The van der Waals surface area contributed by atoms with Crippen LogP contribution in [-0.2, 0) is 30.5 Å². The first-order valence-electron chi connectivity index (χ1n) is 41.4. The minimum atomic E-state index is -4.68. The van der Waals surface area contributed by atoms with Crippen molar-refractivity contribution in [3.63, 3.8) is 0 Å². The predicted octanol–water partition coefficient (Wildman–Crippen LogP) is 18.0. The number of ether oxygens (including phenoxy) is 3. The van der Waals surface area contributed by atoms with Crippen LogP contribution in [0.2, 0.25) is 0 Å². The van der Waals surface area contributed by atoms with Gasteiger partial charge in [-0.25, -0.2) is 0 Å². The molecule has 704 valence electrons. The average Bonchev–Trinajstić information content (AvgIpc) is 1.01. The van der Waals surface area contributed by atoms with Gasteiger partial charge in [-0.3, -0.25) is 67.1 Å². The van der Waals surface area contributed by atoms with Gasteiger partial charge in [0, 0.05) is 83.0 Å². The maximum atomic E-state index is 14.1. The Morgan fingerprint density at radius 1 is 0.448 bits per heavy atom. The fourth-order valence-corrected chi connectivity index (χ4v) is 21.6. The molecule has 134 heavy (non-hydrogen) atoms. The van der Waals surface area contributed by atoms with Crippen molar-refractivity contribution in [1.82, 2.24) is 39.1 Å². The number of benzene rings is 5. The van der Waals surface area contributed by atoms with Crippen molar-refractivity contribution >= 4 is 92.9 Å². The zero-order valence-electron chi connectivity index (χ0n) is 71.5. The number of nitrogen functional groups attached to an aromatic ring is 1. The van der Waals surface area contributed by atoms with E-state index in [1.165, 1.54) is 44.8 Å². The summed E-state index contributed by atoms with van der Waals surface area (Å²) < 4.78 is 186. The van der Waals surface area contributed by atoms with E-state index in [4.69, 9.17) is 20.1 Å². The molecule has 5 aromatic carbocycles. The lowest BCUT2D eigenvalue weighted by atomic mass is 9.96. The van der Waals surface area contributed by atoms with Crippen molar-refractivity contribution in [2.75, 3.05) is 41.2 Å². The largest absolute Gasteiger partial charge is 0.502 e. The van der Waals surface area contributed by atoms with E-state index in [2.05, 4.69) is 5.43 Å². The number of alkyl halides is 12. The third kappa shape index (κ3) is 21.3. The van der Waals surface area contributed by atoms with Gasteiger partial charge in [0.25, 0.3) is 23.6 Å². The van der Waals surface area contributed by atoms with Crippen LogP contribution in [-0.4, -0.2) is 126 Å². The number of fused-ring (bicyclic) bond motifs is 8. The van der Waals surface area contributed by atoms with Gasteiger partial charge in [0.05, 0.1) is 37.4 Å². The van der Waals surface area contributed by atoms with E-state index in [-0.39, 0.29) is 61.8 Å². The van der Waals surface area contributed by atoms with Gasteiger partial charge in [0.2, 0.25) is 21.7 Å². The molecule has 0 saturated carbocycles. The highest BCUT2D eigenvalue weighted by Crippen LogP contribution is 2.49. The van der Waals surface area contributed by atoms with E-state index in [0.717, 1.165) is 142 Å². The maximum absolute atomic E-state index is 14.1. The van der Waals surface area contributed by atoms with Gasteiger partial charge in [-0.05, 0) is 113 Å². The van der Waals surface area contributed by atoms with Gasteiger partial charge in [-0.1, -0.05) is 147 Å². The molecule has 1 unspecified atom stereocenters. The summed E-state index contributed by atoms with van der Waals surface area (Å²) in [4.78, 5) is 104. The molecular formula is C92H84F12N12O12S6. The Bertz CT molecular complexity index is 6550. The van der Waals surface area contributed by atoms with Crippen molar-refractivity contribution in [3.8, 4) is 23.0 Å². The monoisotopic (exact) mass is 1970 g/mol. The maximum Gasteiger partial charge on any atom is 0.408 e. The molecule has 24 nitrogen and oxygen atoms in total.